The van der Waals surface area contributed by atoms with Crippen LogP contribution in [0.25, 0.3) is 88.7 Å². The maximum atomic E-state index is 6.80. The Balaban J connectivity index is 1.08. The van der Waals surface area contributed by atoms with Crippen molar-refractivity contribution in [2.75, 3.05) is 0 Å². The molecule has 11 rings (SSSR count). The van der Waals surface area contributed by atoms with Crippen molar-refractivity contribution < 1.29 is 13.9 Å². The first-order valence-corrected chi connectivity index (χ1v) is 17.2. The summed E-state index contributed by atoms with van der Waals surface area (Å²) in [4.78, 5) is 0. The van der Waals surface area contributed by atoms with Crippen molar-refractivity contribution in [3.63, 3.8) is 0 Å². The highest BCUT2D eigenvalue weighted by molar-refractivity contribution is 6.08. The zero-order valence-corrected chi connectivity index (χ0v) is 27.4. The van der Waals surface area contributed by atoms with Gasteiger partial charge in [0.1, 0.15) is 34.2 Å². The van der Waals surface area contributed by atoms with Gasteiger partial charge in [-0.2, -0.15) is 0 Å². The van der Waals surface area contributed by atoms with Crippen molar-refractivity contribution in [1.82, 2.24) is 0 Å². The van der Waals surface area contributed by atoms with E-state index in [2.05, 4.69) is 158 Å². The number of ether oxygens (including phenoxy) is 2. The van der Waals surface area contributed by atoms with Crippen molar-refractivity contribution in [3.05, 3.63) is 170 Å². The minimum absolute atomic E-state index is 0.843. The molecule has 1 aromatic heterocycles. The summed E-state index contributed by atoms with van der Waals surface area (Å²) in [6.45, 7) is 0. The molecule has 9 aromatic rings. The molecule has 0 saturated heterocycles. The van der Waals surface area contributed by atoms with Crippen LogP contribution in [0.1, 0.15) is 0 Å². The summed E-state index contributed by atoms with van der Waals surface area (Å²) in [6.07, 6.45) is 0. The number of fused-ring (bicyclic) bond motifs is 13. The molecule has 51 heavy (non-hydrogen) atoms. The topological polar surface area (TPSA) is 31.6 Å². The van der Waals surface area contributed by atoms with Crippen LogP contribution in [0, 0.1) is 0 Å². The predicted octanol–water partition coefficient (Wildman–Crippen LogP) is 13.8. The van der Waals surface area contributed by atoms with Gasteiger partial charge in [-0.3, -0.25) is 0 Å². The van der Waals surface area contributed by atoms with Crippen LogP contribution in [0.2, 0.25) is 0 Å². The van der Waals surface area contributed by atoms with E-state index in [9.17, 15) is 0 Å². The molecule has 0 atom stereocenters. The Morgan fingerprint density at radius 1 is 0.275 bits per heavy atom. The Labute approximate surface area is 294 Å². The van der Waals surface area contributed by atoms with Gasteiger partial charge in [0.15, 0.2) is 0 Å². The molecule has 0 radical (unpaired) electrons. The van der Waals surface area contributed by atoms with Crippen molar-refractivity contribution in [1.29, 1.82) is 0 Å². The second-order valence-corrected chi connectivity index (χ2v) is 13.2. The van der Waals surface area contributed by atoms with Crippen molar-refractivity contribution in [2.45, 2.75) is 0 Å². The van der Waals surface area contributed by atoms with Gasteiger partial charge < -0.3 is 13.9 Å². The lowest BCUT2D eigenvalue weighted by Gasteiger charge is -2.15. The monoisotopic (exact) mass is 652 g/mol. The molecule has 0 fully saturated rings. The first-order valence-electron chi connectivity index (χ1n) is 17.2. The fourth-order valence-electron chi connectivity index (χ4n) is 7.97. The number of benzene rings is 8. The molecule has 0 spiro atoms. The van der Waals surface area contributed by atoms with Gasteiger partial charge in [0.2, 0.25) is 0 Å². The molecule has 2 aliphatic heterocycles. The molecule has 0 amide bonds. The highest BCUT2D eigenvalue weighted by atomic mass is 16.5. The molecule has 3 heterocycles. The first-order chi connectivity index (χ1) is 25.3. The largest absolute Gasteiger partial charge is 0.456 e. The maximum Gasteiger partial charge on any atom is 0.143 e. The normalized spacial score (nSPS) is 12.2. The summed E-state index contributed by atoms with van der Waals surface area (Å²) < 4.78 is 20.0. The van der Waals surface area contributed by atoms with E-state index in [1.54, 1.807) is 0 Å². The maximum absolute atomic E-state index is 6.80. The van der Waals surface area contributed by atoms with E-state index in [1.807, 2.05) is 12.1 Å². The van der Waals surface area contributed by atoms with Crippen LogP contribution in [0.15, 0.2) is 174 Å². The highest BCUT2D eigenvalue weighted by Gasteiger charge is 2.25. The van der Waals surface area contributed by atoms with Crippen LogP contribution in [-0.2, 0) is 0 Å². The number of furan rings is 1. The van der Waals surface area contributed by atoms with Crippen molar-refractivity contribution in [2.24, 2.45) is 0 Å². The molecule has 3 heteroatoms. The zero-order valence-electron chi connectivity index (χ0n) is 27.4. The molecule has 8 aromatic carbocycles. The molecule has 238 valence electrons. The minimum atomic E-state index is 0.843. The highest BCUT2D eigenvalue weighted by Crippen LogP contribution is 2.52. The predicted molar refractivity (Wildman–Crippen MR) is 206 cm³/mol. The van der Waals surface area contributed by atoms with Gasteiger partial charge in [0.25, 0.3) is 0 Å². The van der Waals surface area contributed by atoms with Gasteiger partial charge in [0.05, 0.1) is 0 Å². The van der Waals surface area contributed by atoms with E-state index in [1.165, 1.54) is 11.1 Å². The number of hydrogen-bond donors (Lipinski definition) is 0. The summed E-state index contributed by atoms with van der Waals surface area (Å²) in [5, 5.41) is 2.10. The van der Waals surface area contributed by atoms with Gasteiger partial charge in [-0.1, -0.05) is 133 Å². The molecule has 0 aliphatic carbocycles. The van der Waals surface area contributed by atoms with Gasteiger partial charge in [-0.25, -0.2) is 0 Å². The molecule has 0 unspecified atom stereocenters. The Morgan fingerprint density at radius 3 is 1.08 bits per heavy atom. The van der Waals surface area contributed by atoms with E-state index in [0.717, 1.165) is 101 Å². The average Bonchev–Trinajstić information content (AvgIpc) is 3.39. The molecule has 0 saturated carbocycles. The van der Waals surface area contributed by atoms with Crippen LogP contribution >= 0.6 is 0 Å². The van der Waals surface area contributed by atoms with Crippen LogP contribution in [0.3, 0.4) is 0 Å². The number of rotatable bonds is 2. The fourth-order valence-corrected chi connectivity index (χ4v) is 7.97. The van der Waals surface area contributed by atoms with Crippen LogP contribution in [0.4, 0.5) is 0 Å². The Morgan fingerprint density at radius 2 is 0.627 bits per heavy atom. The summed E-state index contributed by atoms with van der Waals surface area (Å²) >= 11 is 0. The lowest BCUT2D eigenvalue weighted by molar-refractivity contribution is 0.489. The Bertz CT molecular complexity index is 2680. The molecular formula is C48H28O3. The second-order valence-electron chi connectivity index (χ2n) is 13.2. The first kappa shape index (κ1) is 28.0. The Hall–Kier alpha value is -6.84. The van der Waals surface area contributed by atoms with E-state index in [-0.39, 0.29) is 0 Å². The number of hydrogen-bond acceptors (Lipinski definition) is 3. The van der Waals surface area contributed by atoms with Crippen molar-refractivity contribution in [3.8, 4) is 89.8 Å². The third kappa shape index (κ3) is 4.25. The van der Waals surface area contributed by atoms with Crippen molar-refractivity contribution >= 4 is 21.9 Å². The van der Waals surface area contributed by atoms with E-state index in [4.69, 9.17) is 13.9 Å². The van der Waals surface area contributed by atoms with Gasteiger partial charge >= 0.3 is 0 Å². The third-order valence-corrected chi connectivity index (χ3v) is 10.3. The fraction of sp³-hybridized carbons (Fsp3) is 0. The molecule has 3 nitrogen and oxygen atoms in total. The van der Waals surface area contributed by atoms with Crippen LogP contribution < -0.4 is 9.47 Å². The van der Waals surface area contributed by atoms with Gasteiger partial charge in [-0.15, -0.1) is 0 Å². The minimum Gasteiger partial charge on any atom is -0.456 e. The second kappa shape index (κ2) is 10.8. The van der Waals surface area contributed by atoms with Gasteiger partial charge in [0, 0.05) is 44.2 Å². The third-order valence-electron chi connectivity index (χ3n) is 10.3. The van der Waals surface area contributed by atoms with Crippen LogP contribution in [0.5, 0.6) is 23.0 Å². The summed E-state index contributed by atoms with van der Waals surface area (Å²) in [6, 6.07) is 59.4. The smallest absolute Gasteiger partial charge is 0.143 e. The standard InChI is InChI=1S/C48H28O3/c1-3-13-35-33(11-1)37-15-5-7-21-43(37)50-47-31(17-9-19-39(35)47)29-23-25-45-41(27-29)42-28-30(24-26-46(42)49-45)32-18-10-20-40-36-14-4-2-12-34(36)38-16-6-8-22-44(38)51-48(32)40/h1-28H. The average molecular weight is 653 g/mol. The quantitative estimate of drug-likeness (QED) is 0.186. The molecule has 0 N–H and O–H groups in total. The molecule has 0 bridgehead atoms. The lowest BCUT2D eigenvalue weighted by Crippen LogP contribution is -1.91. The van der Waals surface area contributed by atoms with Crippen LogP contribution in [-0.4, -0.2) is 0 Å². The molecule has 2 aliphatic rings. The Kier molecular flexibility index (Phi) is 5.96. The van der Waals surface area contributed by atoms with E-state index in [0.29, 0.717) is 0 Å². The number of para-hydroxylation sites is 4. The summed E-state index contributed by atoms with van der Waals surface area (Å²) in [5.41, 5.74) is 14.9. The molecular weight excluding hydrogens is 625 g/mol. The summed E-state index contributed by atoms with van der Waals surface area (Å²) in [7, 11) is 0. The van der Waals surface area contributed by atoms with E-state index < -0.39 is 0 Å². The van der Waals surface area contributed by atoms with Gasteiger partial charge in [-0.05, 0) is 69.8 Å². The zero-order chi connectivity index (χ0) is 33.5. The van der Waals surface area contributed by atoms with E-state index >= 15 is 0 Å². The SMILES string of the molecule is c1ccc2c(c1)Oc1c(-c3ccc4oc5ccc(-c6cccc7c6Oc6ccccc6-c6ccccc6-7)cc5c4c3)cccc1-c1ccccc1-2. The lowest BCUT2D eigenvalue weighted by atomic mass is 9.92. The summed E-state index contributed by atoms with van der Waals surface area (Å²) in [5.74, 6) is 3.41.